The molecular weight excluding hydrogens is 667 g/mol. The molecule has 4 rings (SSSR count). The van der Waals surface area contributed by atoms with Crippen LogP contribution in [0.4, 0.5) is 4.79 Å². The fourth-order valence-corrected chi connectivity index (χ4v) is 6.78. The molecule has 0 spiro atoms. The van der Waals surface area contributed by atoms with Gasteiger partial charge < -0.3 is 30.1 Å². The van der Waals surface area contributed by atoms with Gasteiger partial charge in [0.25, 0.3) is 0 Å². The Labute approximate surface area is 304 Å². The molecule has 0 fully saturated rings. The molecule has 270 valence electrons. The van der Waals surface area contributed by atoms with Gasteiger partial charge in [-0.3, -0.25) is 9.59 Å². The molecule has 0 unspecified atom stereocenters. The number of nitrogens with zero attached hydrogens (tertiary/aromatic N) is 1. The molecule has 0 bridgehead atoms. The third kappa shape index (κ3) is 12.4. The number of carbonyl (C=O) groups excluding carboxylic acids is 4. The van der Waals surface area contributed by atoms with E-state index in [1.807, 2.05) is 84.9 Å². The summed E-state index contributed by atoms with van der Waals surface area (Å²) in [4.78, 5) is 54.7. The van der Waals surface area contributed by atoms with Gasteiger partial charge in [-0.25, -0.2) is 9.59 Å². The molecule has 0 aliphatic carbocycles. The lowest BCUT2D eigenvalue weighted by Gasteiger charge is -2.36. The van der Waals surface area contributed by atoms with Crippen LogP contribution in [0.1, 0.15) is 41.5 Å². The lowest BCUT2D eigenvalue weighted by molar-refractivity contribution is -0.147. The predicted octanol–water partition coefficient (Wildman–Crippen LogP) is 5.35. The fraction of sp³-hybridized carbons (Fsp3) is 0.350. The molecule has 3 aromatic carbocycles. The molecule has 0 aromatic heterocycles. The monoisotopic (exact) mass is 713 g/mol. The van der Waals surface area contributed by atoms with Gasteiger partial charge in [0.05, 0.1) is 24.6 Å². The normalized spacial score (nSPS) is 15.3. The molecule has 0 radical (unpaired) electrons. The number of carbonyl (C=O) groups is 4. The van der Waals surface area contributed by atoms with E-state index in [2.05, 4.69) is 23.8 Å². The molecular formula is C40H47N3O7S. The van der Waals surface area contributed by atoms with Crippen molar-refractivity contribution in [2.24, 2.45) is 5.92 Å². The van der Waals surface area contributed by atoms with E-state index < -0.39 is 30.1 Å². The number of hydrogen-bond donors (Lipinski definition) is 3. The summed E-state index contributed by atoms with van der Waals surface area (Å²) >= 11 is 1.57. The minimum Gasteiger partial charge on any atom is -0.462 e. The topological polar surface area (TPSA) is 134 Å². The smallest absolute Gasteiger partial charge is 0.408 e. The predicted molar refractivity (Wildman–Crippen MR) is 198 cm³/mol. The van der Waals surface area contributed by atoms with E-state index in [4.69, 9.17) is 9.47 Å². The van der Waals surface area contributed by atoms with Crippen LogP contribution in [0.15, 0.2) is 110 Å². The Morgan fingerprint density at radius 1 is 0.863 bits per heavy atom. The molecule has 4 atom stereocenters. The highest BCUT2D eigenvalue weighted by atomic mass is 32.2. The van der Waals surface area contributed by atoms with E-state index in [9.17, 15) is 24.3 Å². The quantitative estimate of drug-likeness (QED) is 0.112. The first-order valence-corrected chi connectivity index (χ1v) is 18.2. The van der Waals surface area contributed by atoms with Gasteiger partial charge in [0.15, 0.2) is 0 Å². The van der Waals surface area contributed by atoms with E-state index in [0.717, 1.165) is 22.3 Å². The van der Waals surface area contributed by atoms with Crippen LogP contribution in [0.3, 0.4) is 0 Å². The number of esters is 1. The summed E-state index contributed by atoms with van der Waals surface area (Å²) in [5.74, 6) is -0.938. The lowest BCUT2D eigenvalue weighted by atomic mass is 9.92. The Morgan fingerprint density at radius 2 is 1.51 bits per heavy atom. The van der Waals surface area contributed by atoms with Crippen molar-refractivity contribution < 1.29 is 33.8 Å². The van der Waals surface area contributed by atoms with Crippen LogP contribution in [-0.4, -0.2) is 71.0 Å². The average Bonchev–Trinajstić information content (AvgIpc) is 3.15. The number of aliphatic hydroxyl groups is 1. The number of benzene rings is 3. The Kier molecular flexibility index (Phi) is 15.8. The summed E-state index contributed by atoms with van der Waals surface area (Å²) in [5, 5.41) is 15.7. The number of aliphatic hydroxyl groups excluding tert-OH is 1. The van der Waals surface area contributed by atoms with Crippen molar-refractivity contribution >= 4 is 35.6 Å². The van der Waals surface area contributed by atoms with E-state index >= 15 is 0 Å². The summed E-state index contributed by atoms with van der Waals surface area (Å²) in [6.07, 6.45) is 3.16. The van der Waals surface area contributed by atoms with Crippen molar-refractivity contribution in [2.45, 2.75) is 62.7 Å². The summed E-state index contributed by atoms with van der Waals surface area (Å²) in [6.45, 7) is 7.54. The zero-order valence-corrected chi connectivity index (χ0v) is 29.6. The van der Waals surface area contributed by atoms with Crippen LogP contribution in [0.2, 0.25) is 0 Å². The van der Waals surface area contributed by atoms with Crippen molar-refractivity contribution in [3.8, 4) is 0 Å². The minimum atomic E-state index is -1.04. The molecule has 1 aliphatic heterocycles. The van der Waals surface area contributed by atoms with Crippen LogP contribution in [0.5, 0.6) is 0 Å². The number of ether oxygens (including phenoxy) is 2. The van der Waals surface area contributed by atoms with Crippen molar-refractivity contribution in [2.75, 3.05) is 19.0 Å². The number of rotatable bonds is 19. The Bertz CT molecular complexity index is 1600. The zero-order chi connectivity index (χ0) is 36.4. The third-order valence-corrected chi connectivity index (χ3v) is 9.70. The molecule has 51 heavy (non-hydrogen) atoms. The van der Waals surface area contributed by atoms with Crippen LogP contribution in [0, 0.1) is 5.92 Å². The van der Waals surface area contributed by atoms with E-state index in [-0.39, 0.29) is 56.9 Å². The maximum atomic E-state index is 13.7. The second-order valence-corrected chi connectivity index (χ2v) is 13.4. The van der Waals surface area contributed by atoms with Gasteiger partial charge in [0.2, 0.25) is 11.8 Å². The van der Waals surface area contributed by atoms with Crippen molar-refractivity contribution in [3.63, 3.8) is 0 Å². The molecule has 3 aromatic rings. The summed E-state index contributed by atoms with van der Waals surface area (Å²) in [5.41, 5.74) is 4.02. The maximum Gasteiger partial charge on any atom is 0.408 e. The largest absolute Gasteiger partial charge is 0.462 e. The number of amides is 3. The number of hydrogen-bond acceptors (Lipinski definition) is 8. The number of nitrogens with one attached hydrogen (secondary N) is 2. The molecule has 0 saturated carbocycles. The SMILES string of the molecule is C=CC[C@H](CC(=O)N1Cc2ccccc2C[C@H]1CO)C(=O)N[C@H](COC(=O)[C@@H](CC=C)NC(=O)OCc1ccccc1)CSCc1ccccc1. The van der Waals surface area contributed by atoms with Crippen molar-refractivity contribution in [1.29, 1.82) is 0 Å². The standard InChI is InChI=1S/C40H47N3O7S/c1-3-13-32(22-37(45)43-23-33-20-12-11-19-31(33)21-35(43)24-44)38(46)41-34(28-51-27-30-17-9-6-10-18-30)26-49-39(47)36(14-4-2)42-40(48)50-25-29-15-7-5-8-16-29/h3-12,15-20,32,34-36,44H,1-2,13-14,21-28H2,(H,41,46)(H,42,48)/t32-,34-,35+,36-/m1/s1. The van der Waals surface area contributed by atoms with Gasteiger partial charge >= 0.3 is 12.1 Å². The van der Waals surface area contributed by atoms with Gasteiger partial charge in [-0.2, -0.15) is 11.8 Å². The van der Waals surface area contributed by atoms with Crippen molar-refractivity contribution in [3.05, 3.63) is 132 Å². The number of thioether (sulfide) groups is 1. The van der Waals surface area contributed by atoms with Crippen LogP contribution in [-0.2, 0) is 49.2 Å². The zero-order valence-electron chi connectivity index (χ0n) is 28.8. The maximum absolute atomic E-state index is 13.7. The minimum absolute atomic E-state index is 0.0371. The van der Waals surface area contributed by atoms with Crippen LogP contribution >= 0.6 is 11.8 Å². The first-order chi connectivity index (χ1) is 24.8. The number of fused-ring (bicyclic) bond motifs is 1. The number of allylic oxidation sites excluding steroid dienone is 1. The molecule has 1 aliphatic rings. The second kappa shape index (κ2) is 20.7. The molecule has 3 N–H and O–H groups in total. The van der Waals surface area contributed by atoms with Crippen LogP contribution in [0.25, 0.3) is 0 Å². The highest BCUT2D eigenvalue weighted by Gasteiger charge is 2.32. The first kappa shape index (κ1) is 38.9. The van der Waals surface area contributed by atoms with Gasteiger partial charge in [0.1, 0.15) is 19.3 Å². The van der Waals surface area contributed by atoms with Gasteiger partial charge in [-0.15, -0.1) is 13.2 Å². The molecule has 3 amide bonds. The number of alkyl carbamates (subject to hydrolysis) is 1. The third-order valence-electron chi connectivity index (χ3n) is 8.52. The molecule has 1 heterocycles. The van der Waals surface area contributed by atoms with E-state index in [0.29, 0.717) is 24.5 Å². The summed E-state index contributed by atoms with van der Waals surface area (Å²) in [6, 6.07) is 24.8. The first-order valence-electron chi connectivity index (χ1n) is 17.1. The Hall–Kier alpha value is -4.87. The van der Waals surface area contributed by atoms with Gasteiger partial charge in [0, 0.05) is 24.5 Å². The Morgan fingerprint density at radius 3 is 2.18 bits per heavy atom. The van der Waals surface area contributed by atoms with Crippen molar-refractivity contribution in [1.82, 2.24) is 15.5 Å². The second-order valence-electron chi connectivity index (χ2n) is 12.4. The highest BCUT2D eigenvalue weighted by Crippen LogP contribution is 2.25. The average molecular weight is 714 g/mol. The van der Waals surface area contributed by atoms with Crippen LogP contribution < -0.4 is 10.6 Å². The molecule has 0 saturated heterocycles. The summed E-state index contributed by atoms with van der Waals surface area (Å²) in [7, 11) is 0. The molecule has 11 heteroatoms. The lowest BCUT2D eigenvalue weighted by Crippen LogP contribution is -2.49. The van der Waals surface area contributed by atoms with Gasteiger partial charge in [-0.1, -0.05) is 97.1 Å². The summed E-state index contributed by atoms with van der Waals surface area (Å²) < 4.78 is 10.9. The fourth-order valence-electron chi connectivity index (χ4n) is 5.77. The van der Waals surface area contributed by atoms with E-state index in [1.54, 1.807) is 22.7 Å². The van der Waals surface area contributed by atoms with E-state index in [1.165, 1.54) is 6.08 Å². The highest BCUT2D eigenvalue weighted by molar-refractivity contribution is 7.98. The molecule has 10 nitrogen and oxygen atoms in total. The van der Waals surface area contributed by atoms with Gasteiger partial charge in [-0.05, 0) is 41.5 Å². The Balaban J connectivity index is 1.39.